The Morgan fingerprint density at radius 3 is 3.00 bits per heavy atom. The van der Waals surface area contributed by atoms with Crippen LogP contribution in [0.5, 0.6) is 0 Å². The van der Waals surface area contributed by atoms with Crippen molar-refractivity contribution < 1.29 is 0 Å². The first-order valence-corrected chi connectivity index (χ1v) is 7.86. The Bertz CT molecular complexity index is 362. The van der Waals surface area contributed by atoms with E-state index in [0.717, 1.165) is 18.4 Å². The minimum atomic E-state index is 0.820. The lowest BCUT2D eigenvalue weighted by Gasteiger charge is -2.20. The van der Waals surface area contributed by atoms with E-state index in [0.29, 0.717) is 0 Å². The maximum Gasteiger partial charge on any atom is 0.185 e. The lowest BCUT2D eigenvalue weighted by atomic mass is 9.89. The fourth-order valence-electron chi connectivity index (χ4n) is 2.68. The molecule has 1 aliphatic rings. The molecule has 0 bridgehead atoms. The molecule has 1 aromatic heterocycles. The molecule has 2 rings (SSSR count). The molecule has 3 nitrogen and oxygen atoms in total. The molecular formula is C14H25N3S. The van der Waals surface area contributed by atoms with Crippen molar-refractivity contribution in [2.24, 2.45) is 11.8 Å². The second-order valence-electron chi connectivity index (χ2n) is 5.56. The summed E-state index contributed by atoms with van der Waals surface area (Å²) in [4.78, 5) is 8.38. The van der Waals surface area contributed by atoms with Gasteiger partial charge < -0.3 is 10.2 Å². The van der Waals surface area contributed by atoms with Crippen molar-refractivity contribution in [2.45, 2.75) is 39.7 Å². The Kier molecular flexibility index (Phi) is 5.01. The normalized spacial score (nSPS) is 21.3. The Morgan fingerprint density at radius 2 is 2.28 bits per heavy atom. The number of hydrogen-bond acceptors (Lipinski definition) is 4. The molecule has 0 spiro atoms. The monoisotopic (exact) mass is 267 g/mol. The second-order valence-corrected chi connectivity index (χ2v) is 6.66. The van der Waals surface area contributed by atoms with Gasteiger partial charge in [0.05, 0.1) is 0 Å². The predicted molar refractivity (Wildman–Crippen MR) is 79.3 cm³/mol. The van der Waals surface area contributed by atoms with Gasteiger partial charge in [-0.1, -0.05) is 13.8 Å². The first kappa shape index (κ1) is 13.8. The molecule has 102 valence electrons. The van der Waals surface area contributed by atoms with Crippen LogP contribution >= 0.6 is 11.3 Å². The van der Waals surface area contributed by atoms with E-state index in [-0.39, 0.29) is 0 Å². The summed E-state index contributed by atoms with van der Waals surface area (Å²) in [6.07, 6.45) is 6.02. The molecule has 0 radical (unpaired) electrons. The van der Waals surface area contributed by atoms with Crippen molar-refractivity contribution in [3.8, 4) is 0 Å². The summed E-state index contributed by atoms with van der Waals surface area (Å²) in [7, 11) is 1.98. The van der Waals surface area contributed by atoms with E-state index in [2.05, 4.69) is 29.0 Å². The van der Waals surface area contributed by atoms with Crippen LogP contribution in [-0.4, -0.2) is 25.1 Å². The molecule has 1 aromatic rings. The summed E-state index contributed by atoms with van der Waals surface area (Å²) in [6, 6.07) is 0. The second kappa shape index (κ2) is 6.53. The highest BCUT2D eigenvalue weighted by atomic mass is 32.1. The summed E-state index contributed by atoms with van der Waals surface area (Å²) < 4.78 is 0. The molecule has 0 aliphatic carbocycles. The molecule has 4 heteroatoms. The van der Waals surface area contributed by atoms with Gasteiger partial charge in [0.2, 0.25) is 0 Å². The van der Waals surface area contributed by atoms with Gasteiger partial charge in [0, 0.05) is 30.7 Å². The minimum Gasteiger partial charge on any atom is -0.348 e. The van der Waals surface area contributed by atoms with Crippen LogP contribution in [0.1, 0.15) is 38.0 Å². The standard InChI is InChI=1S/C14H25N3S/c1-11(2)12-5-4-7-17(8-6-12)14-16-10-13(18-14)9-15-3/h10-12,15H,4-9H2,1-3H3. The number of aromatic nitrogens is 1. The maximum atomic E-state index is 4.57. The molecule has 0 amide bonds. The fourth-order valence-corrected chi connectivity index (χ4v) is 3.65. The van der Waals surface area contributed by atoms with Crippen molar-refractivity contribution in [2.75, 3.05) is 25.0 Å². The van der Waals surface area contributed by atoms with Crippen LogP contribution in [-0.2, 0) is 6.54 Å². The van der Waals surface area contributed by atoms with Gasteiger partial charge in [-0.3, -0.25) is 0 Å². The van der Waals surface area contributed by atoms with Crippen LogP contribution in [0.2, 0.25) is 0 Å². The summed E-state index contributed by atoms with van der Waals surface area (Å²) in [5.41, 5.74) is 0. The Morgan fingerprint density at radius 1 is 1.44 bits per heavy atom. The third-order valence-electron chi connectivity index (χ3n) is 3.88. The van der Waals surface area contributed by atoms with Crippen LogP contribution in [0.3, 0.4) is 0 Å². The number of anilines is 1. The van der Waals surface area contributed by atoms with Crippen molar-refractivity contribution in [1.82, 2.24) is 10.3 Å². The van der Waals surface area contributed by atoms with Gasteiger partial charge in [0.15, 0.2) is 5.13 Å². The number of nitrogens with zero attached hydrogens (tertiary/aromatic N) is 2. The van der Waals surface area contributed by atoms with E-state index >= 15 is 0 Å². The Balaban J connectivity index is 1.96. The SMILES string of the molecule is CNCc1cnc(N2CCCC(C(C)C)CC2)s1. The molecule has 2 heterocycles. The van der Waals surface area contributed by atoms with Gasteiger partial charge in [-0.25, -0.2) is 4.98 Å². The number of nitrogens with one attached hydrogen (secondary N) is 1. The Hall–Kier alpha value is -0.610. The highest BCUT2D eigenvalue weighted by molar-refractivity contribution is 7.15. The average Bonchev–Trinajstić information content (AvgIpc) is 2.65. The van der Waals surface area contributed by atoms with E-state index in [4.69, 9.17) is 0 Å². The molecule has 1 atom stereocenters. The van der Waals surface area contributed by atoms with Gasteiger partial charge >= 0.3 is 0 Å². The number of hydrogen-bond donors (Lipinski definition) is 1. The summed E-state index contributed by atoms with van der Waals surface area (Å²) in [6.45, 7) is 7.99. The first-order chi connectivity index (χ1) is 8.70. The van der Waals surface area contributed by atoms with Crippen LogP contribution in [0.15, 0.2) is 6.20 Å². The molecule has 18 heavy (non-hydrogen) atoms. The van der Waals surface area contributed by atoms with E-state index in [1.807, 2.05) is 24.6 Å². The molecule has 1 unspecified atom stereocenters. The van der Waals surface area contributed by atoms with Crippen LogP contribution in [0.25, 0.3) is 0 Å². The van der Waals surface area contributed by atoms with E-state index in [1.165, 1.54) is 42.4 Å². The summed E-state index contributed by atoms with van der Waals surface area (Å²) in [5, 5.41) is 4.40. The quantitative estimate of drug-likeness (QED) is 0.908. The molecular weight excluding hydrogens is 242 g/mol. The van der Waals surface area contributed by atoms with Crippen LogP contribution in [0.4, 0.5) is 5.13 Å². The predicted octanol–water partition coefficient (Wildman–Crippen LogP) is 3.13. The smallest absolute Gasteiger partial charge is 0.185 e. The fraction of sp³-hybridized carbons (Fsp3) is 0.786. The van der Waals surface area contributed by atoms with Gasteiger partial charge in [-0.15, -0.1) is 11.3 Å². The number of thiazole rings is 1. The average molecular weight is 267 g/mol. The van der Waals surface area contributed by atoms with Crippen LogP contribution < -0.4 is 10.2 Å². The molecule has 1 N–H and O–H groups in total. The van der Waals surface area contributed by atoms with E-state index in [9.17, 15) is 0 Å². The molecule has 1 fully saturated rings. The summed E-state index contributed by atoms with van der Waals surface area (Å²) >= 11 is 1.84. The zero-order valence-corrected chi connectivity index (χ0v) is 12.6. The lowest BCUT2D eigenvalue weighted by Crippen LogP contribution is -2.24. The first-order valence-electron chi connectivity index (χ1n) is 7.05. The molecule has 1 saturated heterocycles. The zero-order chi connectivity index (χ0) is 13.0. The van der Waals surface area contributed by atoms with Gasteiger partial charge in [0.1, 0.15) is 0 Å². The third kappa shape index (κ3) is 3.45. The topological polar surface area (TPSA) is 28.2 Å². The summed E-state index contributed by atoms with van der Waals surface area (Å²) in [5.74, 6) is 1.72. The lowest BCUT2D eigenvalue weighted by molar-refractivity contribution is 0.351. The largest absolute Gasteiger partial charge is 0.348 e. The van der Waals surface area contributed by atoms with Gasteiger partial charge in [0.25, 0.3) is 0 Å². The highest BCUT2D eigenvalue weighted by Gasteiger charge is 2.20. The molecule has 1 aliphatic heterocycles. The van der Waals surface area contributed by atoms with Gasteiger partial charge in [-0.05, 0) is 38.1 Å². The van der Waals surface area contributed by atoms with Crippen molar-refractivity contribution in [3.63, 3.8) is 0 Å². The zero-order valence-electron chi connectivity index (χ0n) is 11.8. The minimum absolute atomic E-state index is 0.820. The maximum absolute atomic E-state index is 4.57. The highest BCUT2D eigenvalue weighted by Crippen LogP contribution is 2.29. The van der Waals surface area contributed by atoms with Gasteiger partial charge in [-0.2, -0.15) is 0 Å². The number of rotatable bonds is 4. The van der Waals surface area contributed by atoms with E-state index in [1.54, 1.807) is 0 Å². The molecule has 0 aromatic carbocycles. The van der Waals surface area contributed by atoms with Crippen molar-refractivity contribution in [3.05, 3.63) is 11.1 Å². The van der Waals surface area contributed by atoms with Crippen molar-refractivity contribution >= 4 is 16.5 Å². The van der Waals surface area contributed by atoms with Crippen LogP contribution in [0, 0.1) is 11.8 Å². The van der Waals surface area contributed by atoms with E-state index < -0.39 is 0 Å². The molecule has 0 saturated carbocycles. The van der Waals surface area contributed by atoms with Crippen molar-refractivity contribution in [1.29, 1.82) is 0 Å². The Labute approximate surface area is 115 Å². The third-order valence-corrected chi connectivity index (χ3v) is 4.94.